The van der Waals surface area contributed by atoms with Crippen molar-refractivity contribution in [1.29, 1.82) is 0 Å². The van der Waals surface area contributed by atoms with E-state index in [0.29, 0.717) is 5.82 Å². The zero-order chi connectivity index (χ0) is 9.30. The Morgan fingerprint density at radius 1 is 1.58 bits per heavy atom. The van der Waals surface area contributed by atoms with Crippen molar-refractivity contribution in [2.45, 2.75) is 19.8 Å². The van der Waals surface area contributed by atoms with Crippen LogP contribution in [0.1, 0.15) is 36.2 Å². The number of nitrogens with zero attached hydrogens (tertiary/aromatic N) is 3. The van der Waals surface area contributed by atoms with Crippen LogP contribution in [-0.2, 0) is 7.05 Å². The third-order valence-corrected chi connectivity index (χ3v) is 1.49. The van der Waals surface area contributed by atoms with E-state index in [-0.39, 0.29) is 11.7 Å². The highest BCUT2D eigenvalue weighted by molar-refractivity contribution is 5.83. The molecule has 1 aromatic rings. The normalized spacial score (nSPS) is 10.7. The molecule has 0 atom stereocenters. The molecule has 1 aromatic heterocycles. The molecule has 0 aliphatic heterocycles. The van der Waals surface area contributed by atoms with Gasteiger partial charge in [-0.1, -0.05) is 13.8 Å². The fourth-order valence-electron chi connectivity index (χ4n) is 0.835. The van der Waals surface area contributed by atoms with Crippen LogP contribution in [0.25, 0.3) is 0 Å². The summed E-state index contributed by atoms with van der Waals surface area (Å²) in [6.45, 7) is 3.84. The van der Waals surface area contributed by atoms with Crippen molar-refractivity contribution < 1.29 is 9.90 Å². The molecule has 0 bridgehead atoms. The van der Waals surface area contributed by atoms with Gasteiger partial charge < -0.3 is 5.11 Å². The van der Waals surface area contributed by atoms with E-state index in [1.165, 1.54) is 4.68 Å². The van der Waals surface area contributed by atoms with E-state index in [1.54, 1.807) is 7.05 Å². The molecule has 0 aliphatic rings. The Morgan fingerprint density at radius 3 is 2.42 bits per heavy atom. The van der Waals surface area contributed by atoms with Gasteiger partial charge in [0.15, 0.2) is 5.82 Å². The highest BCUT2D eigenvalue weighted by Crippen LogP contribution is 2.08. The van der Waals surface area contributed by atoms with Gasteiger partial charge in [0, 0.05) is 13.0 Å². The van der Waals surface area contributed by atoms with Gasteiger partial charge in [0.05, 0.1) is 0 Å². The molecule has 5 heteroatoms. The molecule has 0 saturated carbocycles. The molecule has 5 nitrogen and oxygen atoms in total. The van der Waals surface area contributed by atoms with Gasteiger partial charge in [-0.2, -0.15) is 5.10 Å². The van der Waals surface area contributed by atoms with Crippen LogP contribution in [0.5, 0.6) is 0 Å². The zero-order valence-electron chi connectivity index (χ0n) is 7.27. The Labute approximate surface area is 70.0 Å². The summed E-state index contributed by atoms with van der Waals surface area (Å²) in [5.41, 5.74) is 0. The van der Waals surface area contributed by atoms with E-state index in [9.17, 15) is 4.79 Å². The van der Waals surface area contributed by atoms with E-state index in [4.69, 9.17) is 5.11 Å². The van der Waals surface area contributed by atoms with Crippen LogP contribution >= 0.6 is 0 Å². The van der Waals surface area contributed by atoms with Crippen molar-refractivity contribution in [3.8, 4) is 0 Å². The van der Waals surface area contributed by atoms with E-state index >= 15 is 0 Å². The van der Waals surface area contributed by atoms with Crippen LogP contribution in [0.2, 0.25) is 0 Å². The number of carbonyl (C=O) groups is 1. The van der Waals surface area contributed by atoms with Crippen LogP contribution in [-0.4, -0.2) is 25.8 Å². The first kappa shape index (κ1) is 8.70. The fraction of sp³-hybridized carbons (Fsp3) is 0.571. The van der Waals surface area contributed by atoms with Crippen molar-refractivity contribution in [1.82, 2.24) is 14.8 Å². The van der Waals surface area contributed by atoms with Crippen molar-refractivity contribution in [3.63, 3.8) is 0 Å². The van der Waals surface area contributed by atoms with Crippen LogP contribution in [0, 0.1) is 0 Å². The molecule has 0 unspecified atom stereocenters. The van der Waals surface area contributed by atoms with E-state index in [0.717, 1.165) is 0 Å². The van der Waals surface area contributed by atoms with E-state index < -0.39 is 5.97 Å². The smallest absolute Gasteiger partial charge is 0.373 e. The molecule has 0 radical (unpaired) electrons. The lowest BCUT2D eigenvalue weighted by Gasteiger charge is -1.93. The van der Waals surface area contributed by atoms with Gasteiger partial charge >= 0.3 is 5.97 Å². The highest BCUT2D eigenvalue weighted by Gasteiger charge is 2.14. The third kappa shape index (κ3) is 1.44. The number of aromatic carboxylic acids is 1. The van der Waals surface area contributed by atoms with Crippen LogP contribution in [0.4, 0.5) is 0 Å². The summed E-state index contributed by atoms with van der Waals surface area (Å²) in [5, 5.41) is 12.6. The molecule has 0 saturated heterocycles. The predicted molar refractivity (Wildman–Crippen MR) is 42.1 cm³/mol. The Bertz CT molecular complexity index is 304. The Kier molecular flexibility index (Phi) is 2.12. The Morgan fingerprint density at radius 2 is 2.17 bits per heavy atom. The largest absolute Gasteiger partial charge is 0.475 e. The minimum absolute atomic E-state index is 0.0151. The van der Waals surface area contributed by atoms with Gasteiger partial charge in [0.25, 0.3) is 0 Å². The van der Waals surface area contributed by atoms with Gasteiger partial charge in [-0.3, -0.25) is 0 Å². The number of carboxylic acids is 1. The monoisotopic (exact) mass is 169 g/mol. The molecular formula is C7H11N3O2. The van der Waals surface area contributed by atoms with Crippen LogP contribution in [0.3, 0.4) is 0 Å². The standard InChI is InChI=1S/C7H11N3O2/c1-4(2)5-8-6(7(11)12)10(3)9-5/h4H,1-3H3,(H,11,12). The topological polar surface area (TPSA) is 68.0 Å². The summed E-state index contributed by atoms with van der Waals surface area (Å²) in [7, 11) is 1.57. The van der Waals surface area contributed by atoms with Gasteiger partial charge in [0.1, 0.15) is 0 Å². The van der Waals surface area contributed by atoms with Gasteiger partial charge in [-0.25, -0.2) is 14.5 Å². The maximum atomic E-state index is 10.5. The SMILES string of the molecule is CC(C)c1nc(C(=O)O)n(C)n1. The first-order chi connectivity index (χ1) is 5.52. The van der Waals surface area contributed by atoms with Crippen molar-refractivity contribution >= 4 is 5.97 Å². The highest BCUT2D eigenvalue weighted by atomic mass is 16.4. The molecular weight excluding hydrogens is 158 g/mol. The summed E-state index contributed by atoms with van der Waals surface area (Å²) in [6.07, 6.45) is 0. The lowest BCUT2D eigenvalue weighted by molar-refractivity contribution is 0.0678. The number of aromatic nitrogens is 3. The fourth-order valence-corrected chi connectivity index (χ4v) is 0.835. The van der Waals surface area contributed by atoms with Gasteiger partial charge in [-0.05, 0) is 0 Å². The number of carboxylic acid groups (broad SMARTS) is 1. The van der Waals surface area contributed by atoms with Crippen LogP contribution < -0.4 is 0 Å². The second-order valence-corrected chi connectivity index (χ2v) is 2.88. The number of hydrogen-bond donors (Lipinski definition) is 1. The predicted octanol–water partition coefficient (Wildman–Crippen LogP) is 0.637. The second-order valence-electron chi connectivity index (χ2n) is 2.88. The average Bonchev–Trinajstić information content (AvgIpc) is 2.30. The van der Waals surface area contributed by atoms with Crippen LogP contribution in [0.15, 0.2) is 0 Å². The maximum Gasteiger partial charge on any atom is 0.373 e. The lowest BCUT2D eigenvalue weighted by Crippen LogP contribution is -2.06. The third-order valence-electron chi connectivity index (χ3n) is 1.49. The minimum atomic E-state index is -1.04. The summed E-state index contributed by atoms with van der Waals surface area (Å²) >= 11 is 0. The minimum Gasteiger partial charge on any atom is -0.475 e. The molecule has 0 spiro atoms. The molecule has 1 rings (SSSR count). The summed E-state index contributed by atoms with van der Waals surface area (Å²) in [5.74, 6) is -0.338. The van der Waals surface area contributed by atoms with Crippen molar-refractivity contribution in [2.75, 3.05) is 0 Å². The maximum absolute atomic E-state index is 10.5. The van der Waals surface area contributed by atoms with Gasteiger partial charge in [0.2, 0.25) is 5.82 Å². The van der Waals surface area contributed by atoms with Gasteiger partial charge in [-0.15, -0.1) is 0 Å². The number of hydrogen-bond acceptors (Lipinski definition) is 3. The second kappa shape index (κ2) is 2.92. The number of rotatable bonds is 2. The van der Waals surface area contributed by atoms with Crippen molar-refractivity contribution in [3.05, 3.63) is 11.6 Å². The molecule has 0 fully saturated rings. The molecule has 12 heavy (non-hydrogen) atoms. The molecule has 66 valence electrons. The zero-order valence-corrected chi connectivity index (χ0v) is 7.27. The van der Waals surface area contributed by atoms with E-state index in [2.05, 4.69) is 10.1 Å². The Hall–Kier alpha value is -1.39. The molecule has 1 N–H and O–H groups in total. The first-order valence-corrected chi connectivity index (χ1v) is 3.66. The first-order valence-electron chi connectivity index (χ1n) is 3.66. The summed E-state index contributed by atoms with van der Waals surface area (Å²) in [4.78, 5) is 14.4. The molecule has 0 amide bonds. The molecule has 0 aliphatic carbocycles. The molecule has 0 aromatic carbocycles. The Balaban J connectivity index is 3.09. The summed E-state index contributed by atoms with van der Waals surface area (Å²) < 4.78 is 1.28. The lowest BCUT2D eigenvalue weighted by atomic mass is 10.2. The van der Waals surface area contributed by atoms with Crippen molar-refractivity contribution in [2.24, 2.45) is 7.05 Å². The summed E-state index contributed by atoms with van der Waals surface area (Å²) in [6, 6.07) is 0. The van der Waals surface area contributed by atoms with E-state index in [1.807, 2.05) is 13.8 Å². The quantitative estimate of drug-likeness (QED) is 0.705. The number of aryl methyl sites for hydroxylation is 1. The molecule has 1 heterocycles. The average molecular weight is 169 g/mol.